The molecule has 6 nitrogen and oxygen atoms in total. The molecule has 1 amide bonds. The van der Waals surface area contributed by atoms with Gasteiger partial charge in [0.05, 0.1) is 18.2 Å². The van der Waals surface area contributed by atoms with Crippen LogP contribution in [0.4, 0.5) is 18.9 Å². The highest BCUT2D eigenvalue weighted by atomic mass is 19.4. The number of carbonyl (C=O) groups is 2. The molecule has 0 saturated carbocycles. The van der Waals surface area contributed by atoms with Crippen LogP contribution in [0.2, 0.25) is 0 Å². The van der Waals surface area contributed by atoms with Gasteiger partial charge in [-0.3, -0.25) is 9.59 Å². The second kappa shape index (κ2) is 7.20. The summed E-state index contributed by atoms with van der Waals surface area (Å²) in [7, 11) is 1.23. The van der Waals surface area contributed by atoms with Crippen LogP contribution in [0.1, 0.15) is 15.9 Å². The lowest BCUT2D eigenvalue weighted by Gasteiger charge is -2.11. The van der Waals surface area contributed by atoms with Gasteiger partial charge in [0.25, 0.3) is 5.56 Å². The van der Waals surface area contributed by atoms with Crippen molar-refractivity contribution in [3.8, 4) is 0 Å². The summed E-state index contributed by atoms with van der Waals surface area (Å²) >= 11 is 0. The zero-order chi connectivity index (χ0) is 18.6. The Morgan fingerprint density at radius 2 is 1.76 bits per heavy atom. The maximum atomic E-state index is 12.7. The zero-order valence-corrected chi connectivity index (χ0v) is 13.0. The lowest BCUT2D eigenvalue weighted by atomic mass is 10.2. The van der Waals surface area contributed by atoms with Crippen LogP contribution in [0.25, 0.3) is 0 Å². The molecule has 2 aromatic rings. The van der Waals surface area contributed by atoms with Crippen LogP contribution in [-0.4, -0.2) is 23.6 Å². The number of hydrogen-bond donors (Lipinski definition) is 1. The largest absolute Gasteiger partial charge is 0.465 e. The number of hydrogen-bond acceptors (Lipinski definition) is 4. The Labute approximate surface area is 139 Å². The minimum Gasteiger partial charge on any atom is -0.465 e. The van der Waals surface area contributed by atoms with E-state index < -0.39 is 35.7 Å². The predicted octanol–water partition coefficient (Wildman–Crippen LogP) is 2.29. The smallest absolute Gasteiger partial charge is 0.417 e. The van der Waals surface area contributed by atoms with E-state index in [0.717, 1.165) is 6.07 Å². The fraction of sp³-hybridized carbons (Fsp3) is 0.188. The van der Waals surface area contributed by atoms with Crippen LogP contribution in [0.15, 0.2) is 47.4 Å². The Hall–Kier alpha value is -3.10. The zero-order valence-electron chi connectivity index (χ0n) is 13.0. The Bertz CT molecular complexity index is 842. The average Bonchev–Trinajstić information content (AvgIpc) is 2.55. The number of nitrogens with one attached hydrogen (secondary N) is 1. The molecule has 9 heteroatoms. The van der Waals surface area contributed by atoms with Gasteiger partial charge in [0.1, 0.15) is 6.54 Å². The monoisotopic (exact) mass is 354 g/mol. The van der Waals surface area contributed by atoms with Gasteiger partial charge < -0.3 is 14.6 Å². The molecule has 0 spiro atoms. The summed E-state index contributed by atoms with van der Waals surface area (Å²) in [5, 5.41) is 2.43. The minimum atomic E-state index is -4.62. The molecule has 0 aliphatic carbocycles. The first-order valence-electron chi connectivity index (χ1n) is 6.96. The van der Waals surface area contributed by atoms with Crippen molar-refractivity contribution in [1.29, 1.82) is 0 Å². The van der Waals surface area contributed by atoms with Crippen molar-refractivity contribution in [3.05, 3.63) is 64.1 Å². The van der Waals surface area contributed by atoms with Crippen molar-refractivity contribution in [2.24, 2.45) is 0 Å². The first-order valence-corrected chi connectivity index (χ1v) is 6.96. The molecule has 1 N–H and O–H groups in total. The summed E-state index contributed by atoms with van der Waals surface area (Å²) in [4.78, 5) is 34.8. The third kappa shape index (κ3) is 4.69. The van der Waals surface area contributed by atoms with Gasteiger partial charge in [-0.05, 0) is 30.3 Å². The highest BCUT2D eigenvalue weighted by Gasteiger charge is 2.31. The second-order valence-electron chi connectivity index (χ2n) is 5.00. The number of aromatic nitrogens is 1. The molecule has 1 aromatic heterocycles. The van der Waals surface area contributed by atoms with Gasteiger partial charge in [0, 0.05) is 18.0 Å². The molecule has 0 aliphatic heterocycles. The van der Waals surface area contributed by atoms with Gasteiger partial charge in [0.15, 0.2) is 0 Å². The number of anilines is 1. The molecule has 1 heterocycles. The molecule has 0 unspecified atom stereocenters. The number of rotatable bonds is 4. The minimum absolute atomic E-state index is 0.273. The van der Waals surface area contributed by atoms with Crippen molar-refractivity contribution < 1.29 is 27.5 Å². The number of ether oxygens (including phenoxy) is 1. The first kappa shape index (κ1) is 18.2. The van der Waals surface area contributed by atoms with Gasteiger partial charge in [-0.15, -0.1) is 0 Å². The van der Waals surface area contributed by atoms with Crippen molar-refractivity contribution in [1.82, 2.24) is 4.57 Å². The average molecular weight is 354 g/mol. The molecule has 0 saturated heterocycles. The normalized spacial score (nSPS) is 11.0. The summed E-state index contributed by atoms with van der Waals surface area (Å²) in [5.74, 6) is -1.24. The van der Waals surface area contributed by atoms with Gasteiger partial charge in [-0.2, -0.15) is 13.2 Å². The summed E-state index contributed by atoms with van der Waals surface area (Å²) in [6.07, 6.45) is -4.03. The summed E-state index contributed by atoms with van der Waals surface area (Å²) in [6, 6.07) is 7.09. The molecule has 1 aromatic carbocycles. The van der Waals surface area contributed by atoms with Crippen LogP contribution in [0.5, 0.6) is 0 Å². The summed E-state index contributed by atoms with van der Waals surface area (Å²) < 4.78 is 43.2. The van der Waals surface area contributed by atoms with Gasteiger partial charge in [-0.25, -0.2) is 4.79 Å². The Balaban J connectivity index is 2.10. The number of benzene rings is 1. The van der Waals surface area contributed by atoms with Crippen molar-refractivity contribution >= 4 is 17.6 Å². The molecule has 0 fully saturated rings. The number of methoxy groups -OCH3 is 1. The first-order chi connectivity index (χ1) is 11.7. The summed E-state index contributed by atoms with van der Waals surface area (Å²) in [5.41, 5.74) is -1.17. The van der Waals surface area contributed by atoms with E-state index in [2.05, 4.69) is 10.1 Å². The standard InChI is InChI=1S/C16H13F3N2O4/c1-25-15(24)10-2-5-12(6-3-10)20-13(22)9-21-8-11(16(17,18)19)4-7-14(21)23/h2-8H,9H2,1H3,(H,20,22). The SMILES string of the molecule is COC(=O)c1ccc(NC(=O)Cn2cc(C(F)(F)F)ccc2=O)cc1. The fourth-order valence-corrected chi connectivity index (χ4v) is 1.99. The molecule has 2 rings (SSSR count). The number of esters is 1. The number of carbonyl (C=O) groups excluding carboxylic acids is 2. The third-order valence-electron chi connectivity index (χ3n) is 3.21. The van der Waals surface area contributed by atoms with E-state index in [-0.39, 0.29) is 5.56 Å². The topological polar surface area (TPSA) is 77.4 Å². The van der Waals surface area contributed by atoms with Gasteiger partial charge in [-0.1, -0.05) is 0 Å². The van der Waals surface area contributed by atoms with Crippen LogP contribution >= 0.6 is 0 Å². The Morgan fingerprint density at radius 3 is 2.32 bits per heavy atom. The van der Waals surface area contributed by atoms with Crippen molar-refractivity contribution in [2.75, 3.05) is 12.4 Å². The van der Waals surface area contributed by atoms with E-state index in [9.17, 15) is 27.6 Å². The number of amides is 1. The van der Waals surface area contributed by atoms with E-state index in [0.29, 0.717) is 22.5 Å². The molecular weight excluding hydrogens is 341 g/mol. The van der Waals surface area contributed by atoms with Crippen LogP contribution in [0, 0.1) is 0 Å². The molecule has 0 aliphatic rings. The van der Waals surface area contributed by atoms with Crippen LogP contribution < -0.4 is 10.9 Å². The molecule has 132 valence electrons. The van der Waals surface area contributed by atoms with E-state index in [1.807, 2.05) is 0 Å². The molecule has 25 heavy (non-hydrogen) atoms. The Kier molecular flexibility index (Phi) is 5.26. The third-order valence-corrected chi connectivity index (χ3v) is 3.21. The number of pyridine rings is 1. The predicted molar refractivity (Wildman–Crippen MR) is 82.1 cm³/mol. The van der Waals surface area contributed by atoms with E-state index in [4.69, 9.17) is 0 Å². The Morgan fingerprint density at radius 1 is 1.12 bits per heavy atom. The number of halogens is 3. The van der Waals surface area contributed by atoms with Gasteiger partial charge in [0.2, 0.25) is 5.91 Å². The van der Waals surface area contributed by atoms with E-state index >= 15 is 0 Å². The molecular formula is C16H13F3N2O4. The van der Waals surface area contributed by atoms with E-state index in [1.165, 1.54) is 31.4 Å². The number of alkyl halides is 3. The number of nitrogens with zero attached hydrogens (tertiary/aromatic N) is 1. The van der Waals surface area contributed by atoms with E-state index in [1.54, 1.807) is 0 Å². The van der Waals surface area contributed by atoms with Crippen LogP contribution in [-0.2, 0) is 22.3 Å². The van der Waals surface area contributed by atoms with Crippen LogP contribution in [0.3, 0.4) is 0 Å². The second-order valence-corrected chi connectivity index (χ2v) is 5.00. The highest BCUT2D eigenvalue weighted by Crippen LogP contribution is 2.28. The molecule has 0 atom stereocenters. The fourth-order valence-electron chi connectivity index (χ4n) is 1.99. The lowest BCUT2D eigenvalue weighted by Crippen LogP contribution is -2.28. The van der Waals surface area contributed by atoms with Crippen molar-refractivity contribution in [2.45, 2.75) is 12.7 Å². The quantitative estimate of drug-likeness (QED) is 0.855. The summed E-state index contributed by atoms with van der Waals surface area (Å²) in [6.45, 7) is -0.582. The molecule has 0 bridgehead atoms. The lowest BCUT2D eigenvalue weighted by molar-refractivity contribution is -0.138. The molecule has 0 radical (unpaired) electrons. The van der Waals surface area contributed by atoms with Gasteiger partial charge >= 0.3 is 12.1 Å². The maximum absolute atomic E-state index is 12.7. The highest BCUT2D eigenvalue weighted by molar-refractivity contribution is 5.92. The maximum Gasteiger partial charge on any atom is 0.417 e. The van der Waals surface area contributed by atoms with Crippen molar-refractivity contribution in [3.63, 3.8) is 0 Å².